The van der Waals surface area contributed by atoms with Crippen molar-refractivity contribution in [1.82, 2.24) is 4.90 Å². The smallest absolute Gasteiger partial charge is 0.410 e. The van der Waals surface area contributed by atoms with Crippen LogP contribution in [0.15, 0.2) is 48.5 Å². The molecule has 2 atom stereocenters. The van der Waals surface area contributed by atoms with Crippen molar-refractivity contribution >= 4 is 11.9 Å². The molecule has 3 aliphatic heterocycles. The minimum atomic E-state index is -0.204. The number of Topliss-reactive ketones (excluding diaryl/α,β-unsaturated/α-hetero) is 1. The number of ether oxygens (including phenoxy) is 2. The molecule has 3 saturated heterocycles. The molecule has 3 heterocycles. The molecule has 34 heavy (non-hydrogen) atoms. The Kier molecular flexibility index (Phi) is 5.90. The maximum absolute atomic E-state index is 13.2. The maximum atomic E-state index is 13.2. The van der Waals surface area contributed by atoms with Crippen molar-refractivity contribution < 1.29 is 19.1 Å². The van der Waals surface area contributed by atoms with E-state index in [4.69, 9.17) is 9.47 Å². The third kappa shape index (κ3) is 3.94. The number of nitrogens with zero attached hydrogens (tertiary/aromatic N) is 1. The summed E-state index contributed by atoms with van der Waals surface area (Å²) in [7, 11) is 0. The third-order valence-electron chi connectivity index (χ3n) is 8.57. The number of carbonyl (C=O) groups is 2. The van der Waals surface area contributed by atoms with Crippen LogP contribution in [0.2, 0.25) is 0 Å². The summed E-state index contributed by atoms with van der Waals surface area (Å²) in [5.41, 5.74) is 4.94. The molecule has 0 spiro atoms. The van der Waals surface area contributed by atoms with Gasteiger partial charge in [-0.15, -0.1) is 0 Å². The van der Waals surface area contributed by atoms with Gasteiger partial charge in [0.15, 0.2) is 0 Å². The van der Waals surface area contributed by atoms with Gasteiger partial charge in [0.2, 0.25) is 0 Å². The molecular formula is C29H33NO4. The van der Waals surface area contributed by atoms with Gasteiger partial charge >= 0.3 is 6.09 Å². The third-order valence-corrected chi connectivity index (χ3v) is 8.57. The number of rotatable bonds is 5. The Morgan fingerprint density at radius 2 is 1.44 bits per heavy atom. The van der Waals surface area contributed by atoms with Crippen LogP contribution in [0, 0.1) is 11.8 Å². The van der Waals surface area contributed by atoms with E-state index in [2.05, 4.69) is 48.5 Å². The molecule has 1 amide bonds. The summed E-state index contributed by atoms with van der Waals surface area (Å²) < 4.78 is 11.4. The second-order valence-corrected chi connectivity index (χ2v) is 10.5. The van der Waals surface area contributed by atoms with Gasteiger partial charge in [-0.1, -0.05) is 48.5 Å². The molecule has 5 heteroatoms. The highest BCUT2D eigenvalue weighted by atomic mass is 16.6. The highest BCUT2D eigenvalue weighted by Crippen LogP contribution is 2.45. The monoisotopic (exact) mass is 459 g/mol. The Morgan fingerprint density at radius 3 is 2.06 bits per heavy atom. The zero-order valence-electron chi connectivity index (χ0n) is 19.7. The summed E-state index contributed by atoms with van der Waals surface area (Å²) in [6.07, 6.45) is 6.02. The Labute approximate surface area is 201 Å². The first kappa shape index (κ1) is 21.8. The number of hydrogen-bond acceptors (Lipinski definition) is 4. The van der Waals surface area contributed by atoms with Crippen LogP contribution in [-0.4, -0.2) is 48.7 Å². The van der Waals surface area contributed by atoms with Gasteiger partial charge in [-0.05, 0) is 66.7 Å². The molecule has 6 rings (SSSR count). The quantitative estimate of drug-likeness (QED) is 0.587. The molecule has 5 nitrogen and oxygen atoms in total. The molecule has 0 N–H and O–H groups in total. The molecule has 4 aliphatic rings. The van der Waals surface area contributed by atoms with E-state index in [1.54, 1.807) is 0 Å². The number of carbonyl (C=O) groups excluding carboxylic acids is 2. The summed E-state index contributed by atoms with van der Waals surface area (Å²) >= 11 is 0. The second-order valence-electron chi connectivity index (χ2n) is 10.5. The first-order valence-electron chi connectivity index (χ1n) is 12.9. The van der Waals surface area contributed by atoms with Gasteiger partial charge in [0.05, 0.1) is 0 Å². The van der Waals surface area contributed by atoms with Crippen molar-refractivity contribution in [2.75, 3.05) is 19.8 Å². The van der Waals surface area contributed by atoms with Crippen molar-refractivity contribution in [3.05, 3.63) is 59.7 Å². The fraction of sp³-hybridized carbons (Fsp3) is 0.517. The molecule has 2 bridgehead atoms. The van der Waals surface area contributed by atoms with E-state index in [1.807, 2.05) is 4.90 Å². The molecule has 3 fully saturated rings. The number of benzene rings is 2. The topological polar surface area (TPSA) is 55.8 Å². The zero-order valence-corrected chi connectivity index (χ0v) is 19.7. The van der Waals surface area contributed by atoms with E-state index in [0.717, 1.165) is 51.7 Å². The average molecular weight is 460 g/mol. The van der Waals surface area contributed by atoms with E-state index in [-0.39, 0.29) is 30.0 Å². The molecule has 2 aromatic rings. The normalized spacial score (nSPS) is 26.2. The van der Waals surface area contributed by atoms with E-state index in [9.17, 15) is 9.59 Å². The SMILES string of the molecule is O=C(CC1CCOCC1)C1CC2CCC(C1)N2C(=O)OCC1c2ccccc2-c2ccccc21. The number of ketones is 1. The average Bonchev–Trinajstić information content (AvgIpc) is 3.33. The molecule has 0 aromatic heterocycles. The van der Waals surface area contributed by atoms with Crippen LogP contribution in [0.3, 0.4) is 0 Å². The number of fused-ring (bicyclic) bond motifs is 5. The van der Waals surface area contributed by atoms with Crippen LogP contribution in [-0.2, 0) is 14.3 Å². The molecule has 2 aromatic carbocycles. The van der Waals surface area contributed by atoms with Crippen LogP contribution in [0.4, 0.5) is 4.79 Å². The summed E-state index contributed by atoms with van der Waals surface area (Å²) in [5, 5.41) is 0. The predicted octanol–water partition coefficient (Wildman–Crippen LogP) is 5.56. The first-order valence-corrected chi connectivity index (χ1v) is 12.9. The lowest BCUT2D eigenvalue weighted by atomic mass is 9.82. The summed E-state index contributed by atoms with van der Waals surface area (Å²) in [5.74, 6) is 1.04. The number of hydrogen-bond donors (Lipinski definition) is 0. The van der Waals surface area contributed by atoms with Gasteiger partial charge in [-0.2, -0.15) is 0 Å². The van der Waals surface area contributed by atoms with Crippen LogP contribution in [0.5, 0.6) is 0 Å². The Hall–Kier alpha value is -2.66. The van der Waals surface area contributed by atoms with Gasteiger partial charge in [0.25, 0.3) is 0 Å². The van der Waals surface area contributed by atoms with E-state index in [1.165, 1.54) is 22.3 Å². The Bertz CT molecular complexity index is 1020. The molecule has 0 saturated carbocycles. The standard InChI is InChI=1S/C29H33NO4/c31-28(15-19-11-13-33-14-12-19)20-16-21-9-10-22(17-20)30(21)29(32)34-18-27-25-7-3-1-5-23(25)24-6-2-4-8-26(24)27/h1-8,19-22,27H,9-18H2. The van der Waals surface area contributed by atoms with Gasteiger partial charge in [-0.25, -0.2) is 4.79 Å². The highest BCUT2D eigenvalue weighted by Gasteiger charge is 2.46. The second kappa shape index (κ2) is 9.18. The minimum absolute atomic E-state index is 0.0765. The summed E-state index contributed by atoms with van der Waals surface area (Å²) in [4.78, 5) is 28.2. The maximum Gasteiger partial charge on any atom is 0.410 e. The predicted molar refractivity (Wildman–Crippen MR) is 130 cm³/mol. The van der Waals surface area contributed by atoms with Crippen molar-refractivity contribution in [2.24, 2.45) is 11.8 Å². The van der Waals surface area contributed by atoms with Crippen LogP contribution in [0.1, 0.15) is 62.0 Å². The zero-order chi connectivity index (χ0) is 23.1. The molecule has 178 valence electrons. The summed E-state index contributed by atoms with van der Waals surface area (Å²) in [6, 6.07) is 17.1. The molecule has 1 aliphatic carbocycles. The Morgan fingerprint density at radius 1 is 0.853 bits per heavy atom. The molecule has 2 unspecified atom stereocenters. The van der Waals surface area contributed by atoms with Gasteiger partial charge in [-0.3, -0.25) is 4.79 Å². The lowest BCUT2D eigenvalue weighted by Crippen LogP contribution is -2.48. The van der Waals surface area contributed by atoms with Crippen molar-refractivity contribution in [3.63, 3.8) is 0 Å². The Balaban J connectivity index is 1.09. The fourth-order valence-electron chi connectivity index (χ4n) is 6.81. The van der Waals surface area contributed by atoms with Crippen LogP contribution in [0.25, 0.3) is 11.1 Å². The van der Waals surface area contributed by atoms with Gasteiger partial charge in [0, 0.05) is 43.6 Å². The van der Waals surface area contributed by atoms with Gasteiger partial charge < -0.3 is 14.4 Å². The van der Waals surface area contributed by atoms with Gasteiger partial charge in [0.1, 0.15) is 12.4 Å². The largest absolute Gasteiger partial charge is 0.448 e. The van der Waals surface area contributed by atoms with Crippen LogP contribution < -0.4 is 0 Å². The van der Waals surface area contributed by atoms with E-state index < -0.39 is 0 Å². The lowest BCUT2D eigenvalue weighted by Gasteiger charge is -2.38. The van der Waals surface area contributed by atoms with Crippen molar-refractivity contribution in [1.29, 1.82) is 0 Å². The first-order chi connectivity index (χ1) is 16.7. The van der Waals surface area contributed by atoms with E-state index in [0.29, 0.717) is 24.7 Å². The number of piperidine rings is 1. The summed E-state index contributed by atoms with van der Waals surface area (Å²) in [6.45, 7) is 1.92. The van der Waals surface area contributed by atoms with Crippen molar-refractivity contribution in [3.8, 4) is 11.1 Å². The molecular weight excluding hydrogens is 426 g/mol. The van der Waals surface area contributed by atoms with Crippen LogP contribution >= 0.6 is 0 Å². The fourth-order valence-corrected chi connectivity index (χ4v) is 6.81. The minimum Gasteiger partial charge on any atom is -0.448 e. The van der Waals surface area contributed by atoms with E-state index >= 15 is 0 Å². The number of amides is 1. The lowest BCUT2D eigenvalue weighted by molar-refractivity contribution is -0.126. The highest BCUT2D eigenvalue weighted by molar-refractivity contribution is 5.82. The van der Waals surface area contributed by atoms with Crippen molar-refractivity contribution in [2.45, 2.75) is 62.9 Å². The molecule has 0 radical (unpaired) electrons.